The summed E-state index contributed by atoms with van der Waals surface area (Å²) in [5, 5.41) is 26.6. The first-order chi connectivity index (χ1) is 11.6. The van der Waals surface area contributed by atoms with Crippen molar-refractivity contribution in [1.29, 1.82) is 0 Å². The summed E-state index contributed by atoms with van der Waals surface area (Å²) in [6, 6.07) is 22.1. The summed E-state index contributed by atoms with van der Waals surface area (Å²) in [6.45, 7) is 0. The van der Waals surface area contributed by atoms with Crippen LogP contribution in [0.5, 0.6) is 0 Å². The quantitative estimate of drug-likeness (QED) is 0.287. The second-order valence-corrected chi connectivity index (χ2v) is 5.06. The lowest BCUT2D eigenvalue weighted by molar-refractivity contribution is -0.435. The summed E-state index contributed by atoms with van der Waals surface area (Å²) in [5.41, 5.74) is 2.78. The van der Waals surface area contributed by atoms with Crippen LogP contribution in [0.2, 0.25) is 0 Å². The van der Waals surface area contributed by atoms with Crippen LogP contribution in [-0.2, 0) is 0 Å². The van der Waals surface area contributed by atoms with E-state index in [1.54, 1.807) is 48.5 Å². The normalized spacial score (nSPS) is 11.2. The molecule has 6 heteroatoms. The van der Waals surface area contributed by atoms with Gasteiger partial charge in [0.15, 0.2) is 0 Å². The van der Waals surface area contributed by atoms with Gasteiger partial charge >= 0.3 is 0 Å². The van der Waals surface area contributed by atoms with Gasteiger partial charge in [0.1, 0.15) is 5.69 Å². The molecule has 6 nitrogen and oxygen atoms in total. The summed E-state index contributed by atoms with van der Waals surface area (Å²) in [7, 11) is 0. The number of nitro benzene ring substituents is 1. The topological polar surface area (TPSA) is 81.6 Å². The van der Waals surface area contributed by atoms with Crippen LogP contribution in [0.25, 0.3) is 11.1 Å². The van der Waals surface area contributed by atoms with Crippen molar-refractivity contribution >= 4 is 17.1 Å². The Morgan fingerprint density at radius 2 is 1.21 bits per heavy atom. The van der Waals surface area contributed by atoms with Gasteiger partial charge in [-0.1, -0.05) is 35.2 Å². The lowest BCUT2D eigenvalue weighted by atomic mass is 10.1. The van der Waals surface area contributed by atoms with Crippen LogP contribution >= 0.6 is 0 Å². The van der Waals surface area contributed by atoms with Gasteiger partial charge in [-0.05, 0) is 35.4 Å². The largest absolute Gasteiger partial charge is 0.594 e. The molecule has 0 bridgehead atoms. The molecule has 0 spiro atoms. The van der Waals surface area contributed by atoms with Crippen LogP contribution in [-0.4, -0.2) is 9.78 Å². The highest BCUT2D eigenvalue weighted by Crippen LogP contribution is 2.25. The predicted molar refractivity (Wildman–Crippen MR) is 90.3 cm³/mol. The molecule has 0 N–H and O–H groups in total. The molecule has 0 unspecified atom stereocenters. The first-order valence-corrected chi connectivity index (χ1v) is 7.22. The first-order valence-electron chi connectivity index (χ1n) is 7.22. The van der Waals surface area contributed by atoms with Crippen LogP contribution in [0.1, 0.15) is 0 Å². The molecule has 0 aromatic heterocycles. The Labute approximate surface area is 138 Å². The Bertz CT molecular complexity index is 874. The van der Waals surface area contributed by atoms with E-state index in [4.69, 9.17) is 0 Å². The average Bonchev–Trinajstić information content (AvgIpc) is 2.63. The van der Waals surface area contributed by atoms with Crippen molar-refractivity contribution in [3.63, 3.8) is 0 Å². The van der Waals surface area contributed by atoms with Crippen LogP contribution < -0.4 is 0 Å². The van der Waals surface area contributed by atoms with E-state index in [2.05, 4.69) is 5.11 Å². The van der Waals surface area contributed by atoms with Gasteiger partial charge < -0.3 is 5.21 Å². The fourth-order valence-corrected chi connectivity index (χ4v) is 2.21. The standard InChI is InChI=1S/C18H13N3O3/c22-20(17-4-2-1-3-5-17)19-16-10-6-14(7-11-16)15-8-12-18(13-9-15)21(23)24/h1-13H. The minimum absolute atomic E-state index is 0.0511. The van der Waals surface area contributed by atoms with Crippen molar-refractivity contribution in [2.24, 2.45) is 5.11 Å². The first kappa shape index (κ1) is 15.4. The minimum atomic E-state index is -0.432. The van der Waals surface area contributed by atoms with E-state index in [9.17, 15) is 15.3 Å². The highest BCUT2D eigenvalue weighted by atomic mass is 16.6. The summed E-state index contributed by atoms with van der Waals surface area (Å²) in [6.07, 6.45) is 0. The highest BCUT2D eigenvalue weighted by molar-refractivity contribution is 5.66. The third-order valence-corrected chi connectivity index (χ3v) is 3.46. The molecule has 3 aromatic carbocycles. The number of non-ortho nitro benzene ring substituents is 1. The van der Waals surface area contributed by atoms with Gasteiger partial charge in [-0.3, -0.25) is 10.1 Å². The number of hydrogen-bond acceptors (Lipinski definition) is 4. The van der Waals surface area contributed by atoms with Crippen LogP contribution in [0, 0.1) is 15.3 Å². The third-order valence-electron chi connectivity index (χ3n) is 3.46. The molecule has 3 aromatic rings. The molecule has 0 heterocycles. The third kappa shape index (κ3) is 3.44. The molecular formula is C18H13N3O3. The van der Waals surface area contributed by atoms with E-state index >= 15 is 0 Å². The molecule has 0 aliphatic rings. The van der Waals surface area contributed by atoms with Gasteiger partial charge in [0.05, 0.1) is 4.92 Å². The molecule has 118 valence electrons. The molecule has 3 rings (SSSR count). The smallest absolute Gasteiger partial charge is 0.269 e. The number of para-hydroxylation sites is 1. The van der Waals surface area contributed by atoms with Crippen molar-refractivity contribution in [3.05, 3.63) is 94.2 Å². The van der Waals surface area contributed by atoms with Crippen molar-refractivity contribution in [3.8, 4) is 11.1 Å². The molecule has 0 saturated heterocycles. The second-order valence-electron chi connectivity index (χ2n) is 5.06. The van der Waals surface area contributed by atoms with E-state index in [0.29, 0.717) is 16.2 Å². The van der Waals surface area contributed by atoms with Gasteiger partial charge in [-0.25, -0.2) is 0 Å². The maximum absolute atomic E-state index is 12.0. The lowest BCUT2D eigenvalue weighted by Crippen LogP contribution is -1.89. The Morgan fingerprint density at radius 3 is 1.75 bits per heavy atom. The SMILES string of the molecule is O=[N+]([O-])c1ccc(-c2ccc(N=[N+]([O-])c3ccccc3)cc2)cc1. The highest BCUT2D eigenvalue weighted by Gasteiger charge is 2.06. The zero-order valence-corrected chi connectivity index (χ0v) is 12.6. The molecular weight excluding hydrogens is 306 g/mol. The number of azo groups is 1. The van der Waals surface area contributed by atoms with Crippen LogP contribution in [0.4, 0.5) is 17.1 Å². The molecule has 0 aliphatic carbocycles. The van der Waals surface area contributed by atoms with Crippen molar-refractivity contribution in [1.82, 2.24) is 0 Å². The fourth-order valence-electron chi connectivity index (χ4n) is 2.21. The Balaban J connectivity index is 1.82. The van der Waals surface area contributed by atoms with E-state index < -0.39 is 4.92 Å². The molecule has 0 amide bonds. The molecule has 0 saturated carbocycles. The summed E-state index contributed by atoms with van der Waals surface area (Å²) < 4.78 is 0. The Hall–Kier alpha value is -3.54. The molecule has 24 heavy (non-hydrogen) atoms. The lowest BCUT2D eigenvalue weighted by Gasteiger charge is -2.02. The minimum Gasteiger partial charge on any atom is -0.594 e. The zero-order chi connectivity index (χ0) is 16.9. The van der Waals surface area contributed by atoms with E-state index in [-0.39, 0.29) is 5.69 Å². The predicted octanol–water partition coefficient (Wildman–Crippen LogP) is 5.19. The average molecular weight is 319 g/mol. The number of nitro groups is 1. The van der Waals surface area contributed by atoms with Crippen LogP contribution in [0.15, 0.2) is 84.0 Å². The van der Waals surface area contributed by atoms with Crippen molar-refractivity contribution < 1.29 is 9.78 Å². The second kappa shape index (κ2) is 6.70. The van der Waals surface area contributed by atoms with Gasteiger partial charge in [-0.2, -0.15) is 0 Å². The molecule has 0 fully saturated rings. The molecule has 0 atom stereocenters. The number of nitrogens with zero attached hydrogens (tertiary/aromatic N) is 3. The van der Waals surface area contributed by atoms with Gasteiger partial charge in [-0.15, -0.1) is 0 Å². The zero-order valence-electron chi connectivity index (χ0n) is 12.6. The summed E-state index contributed by atoms with van der Waals surface area (Å²) in [4.78, 5) is 10.8. The Kier molecular flexibility index (Phi) is 4.29. The van der Waals surface area contributed by atoms with Crippen molar-refractivity contribution in [2.75, 3.05) is 0 Å². The maximum Gasteiger partial charge on any atom is 0.269 e. The van der Waals surface area contributed by atoms with Gasteiger partial charge in [0, 0.05) is 29.4 Å². The number of rotatable bonds is 4. The molecule has 0 aliphatic heterocycles. The van der Waals surface area contributed by atoms with E-state index in [0.717, 1.165) is 11.1 Å². The Morgan fingerprint density at radius 1 is 0.667 bits per heavy atom. The fraction of sp³-hybridized carbons (Fsp3) is 0. The van der Waals surface area contributed by atoms with Gasteiger partial charge in [0.2, 0.25) is 5.69 Å². The summed E-state index contributed by atoms with van der Waals surface area (Å²) >= 11 is 0. The number of hydrogen-bond donors (Lipinski definition) is 0. The monoisotopic (exact) mass is 319 g/mol. The molecule has 0 radical (unpaired) electrons. The maximum atomic E-state index is 12.0. The van der Waals surface area contributed by atoms with Crippen LogP contribution in [0.3, 0.4) is 0 Å². The number of benzene rings is 3. The van der Waals surface area contributed by atoms with Gasteiger partial charge in [0.25, 0.3) is 5.69 Å². The van der Waals surface area contributed by atoms with Crippen molar-refractivity contribution in [2.45, 2.75) is 0 Å². The van der Waals surface area contributed by atoms with E-state index in [1.807, 2.05) is 18.2 Å². The van der Waals surface area contributed by atoms with E-state index in [1.165, 1.54) is 12.1 Å². The summed E-state index contributed by atoms with van der Waals surface area (Å²) in [5.74, 6) is 0.